The highest BCUT2D eigenvalue weighted by Crippen LogP contribution is 2.15. The molecular formula is C11H19ClN2O. The van der Waals surface area contributed by atoms with E-state index in [1.165, 1.54) is 0 Å². The Morgan fingerprint density at radius 1 is 1.47 bits per heavy atom. The molecule has 0 aromatic carbocycles. The van der Waals surface area contributed by atoms with Crippen molar-refractivity contribution in [2.75, 3.05) is 0 Å². The number of aromatic amines is 1. The van der Waals surface area contributed by atoms with Gasteiger partial charge in [0.25, 0.3) is 5.56 Å². The first-order valence-corrected chi connectivity index (χ1v) is 5.95. The molecule has 0 saturated heterocycles. The molecule has 1 unspecified atom stereocenters. The van der Waals surface area contributed by atoms with Gasteiger partial charge in [0, 0.05) is 6.54 Å². The molecule has 0 fully saturated rings. The maximum atomic E-state index is 11.5. The van der Waals surface area contributed by atoms with Crippen LogP contribution in [0.1, 0.15) is 39.2 Å². The summed E-state index contributed by atoms with van der Waals surface area (Å²) in [5, 5.41) is 3.36. The lowest BCUT2D eigenvalue weighted by Crippen LogP contribution is -2.12. The summed E-state index contributed by atoms with van der Waals surface area (Å²) in [7, 11) is 0. The van der Waals surface area contributed by atoms with Crippen LogP contribution in [0.15, 0.2) is 4.79 Å². The Morgan fingerprint density at radius 3 is 2.60 bits per heavy atom. The van der Waals surface area contributed by atoms with Crippen LogP contribution in [0.2, 0.25) is 5.15 Å². The predicted molar refractivity (Wildman–Crippen MR) is 63.5 cm³/mol. The monoisotopic (exact) mass is 230 g/mol. The minimum atomic E-state index is -0.0498. The predicted octanol–water partition coefficient (Wildman–Crippen LogP) is 2.83. The first-order chi connectivity index (χ1) is 7.10. The smallest absolute Gasteiger partial charge is 0.268 e. The molecular weight excluding hydrogens is 212 g/mol. The van der Waals surface area contributed by atoms with E-state index in [0.717, 1.165) is 19.4 Å². The van der Waals surface area contributed by atoms with Gasteiger partial charge in [0.15, 0.2) is 0 Å². The van der Waals surface area contributed by atoms with Crippen molar-refractivity contribution in [2.24, 2.45) is 5.92 Å². The summed E-state index contributed by atoms with van der Waals surface area (Å²) >= 11 is 6.11. The summed E-state index contributed by atoms with van der Waals surface area (Å²) in [6.45, 7) is 7.07. The van der Waals surface area contributed by atoms with E-state index in [4.69, 9.17) is 11.6 Å². The van der Waals surface area contributed by atoms with E-state index in [0.29, 0.717) is 23.1 Å². The summed E-state index contributed by atoms with van der Waals surface area (Å²) in [5.74, 6) is 0.542. The van der Waals surface area contributed by atoms with Crippen molar-refractivity contribution in [1.82, 2.24) is 9.78 Å². The van der Waals surface area contributed by atoms with Crippen LogP contribution in [0.5, 0.6) is 0 Å². The highest BCUT2D eigenvalue weighted by molar-refractivity contribution is 6.30. The number of hydrogen-bond acceptors (Lipinski definition) is 1. The van der Waals surface area contributed by atoms with E-state index in [1.807, 2.05) is 6.92 Å². The third kappa shape index (κ3) is 2.88. The van der Waals surface area contributed by atoms with Gasteiger partial charge in [-0.25, -0.2) is 0 Å². The van der Waals surface area contributed by atoms with Crippen molar-refractivity contribution in [1.29, 1.82) is 0 Å². The first-order valence-electron chi connectivity index (χ1n) is 5.57. The summed E-state index contributed by atoms with van der Waals surface area (Å²) in [4.78, 5) is 11.5. The molecule has 1 rings (SSSR count). The zero-order valence-corrected chi connectivity index (χ0v) is 10.4. The Morgan fingerprint density at radius 2 is 2.13 bits per heavy atom. The molecule has 1 N–H and O–H groups in total. The van der Waals surface area contributed by atoms with Crippen molar-refractivity contribution in [2.45, 2.75) is 46.6 Å². The second kappa shape index (κ2) is 5.40. The molecule has 0 aliphatic heterocycles. The standard InChI is InChI=1S/C11H19ClN2O/c1-4-6-8(3)7-14-10(12)9(5-2)11(15)13-14/h8H,4-7H2,1-3H3,(H,13,15). The zero-order valence-electron chi connectivity index (χ0n) is 9.64. The molecule has 86 valence electrons. The lowest BCUT2D eigenvalue weighted by Gasteiger charge is -2.11. The van der Waals surface area contributed by atoms with Gasteiger partial charge < -0.3 is 0 Å². The molecule has 0 saturated carbocycles. The van der Waals surface area contributed by atoms with Crippen LogP contribution in [-0.2, 0) is 13.0 Å². The van der Waals surface area contributed by atoms with Crippen LogP contribution in [0, 0.1) is 5.92 Å². The molecule has 4 heteroatoms. The zero-order chi connectivity index (χ0) is 11.4. The van der Waals surface area contributed by atoms with Crippen molar-refractivity contribution < 1.29 is 0 Å². The third-order valence-electron chi connectivity index (χ3n) is 2.63. The van der Waals surface area contributed by atoms with E-state index < -0.39 is 0 Å². The Kier molecular flexibility index (Phi) is 4.45. The third-order valence-corrected chi connectivity index (χ3v) is 3.06. The number of nitrogens with zero attached hydrogens (tertiary/aromatic N) is 1. The van der Waals surface area contributed by atoms with Crippen LogP contribution < -0.4 is 5.56 Å². The van der Waals surface area contributed by atoms with Crippen LogP contribution in [0.3, 0.4) is 0 Å². The maximum Gasteiger partial charge on any atom is 0.268 e. The van der Waals surface area contributed by atoms with E-state index >= 15 is 0 Å². The SMILES string of the molecule is CCCC(C)Cn1[nH]c(=O)c(CC)c1Cl. The van der Waals surface area contributed by atoms with Crippen LogP contribution in [-0.4, -0.2) is 9.78 Å². The van der Waals surface area contributed by atoms with Gasteiger partial charge in [0.2, 0.25) is 0 Å². The highest BCUT2D eigenvalue weighted by Gasteiger charge is 2.12. The lowest BCUT2D eigenvalue weighted by atomic mass is 10.1. The molecule has 1 aromatic rings. The van der Waals surface area contributed by atoms with E-state index in [1.54, 1.807) is 4.68 Å². The Labute approximate surface area is 95.4 Å². The number of rotatable bonds is 5. The maximum absolute atomic E-state index is 11.5. The minimum Gasteiger partial charge on any atom is -0.273 e. The van der Waals surface area contributed by atoms with Gasteiger partial charge in [-0.15, -0.1) is 0 Å². The number of nitrogens with one attached hydrogen (secondary N) is 1. The summed E-state index contributed by atoms with van der Waals surface area (Å²) in [5.41, 5.74) is 0.645. The average molecular weight is 231 g/mol. The summed E-state index contributed by atoms with van der Waals surface area (Å²) < 4.78 is 1.77. The quantitative estimate of drug-likeness (QED) is 0.830. The molecule has 0 amide bonds. The van der Waals surface area contributed by atoms with Crippen molar-refractivity contribution in [3.8, 4) is 0 Å². The Hall–Kier alpha value is -0.700. The van der Waals surface area contributed by atoms with Crippen molar-refractivity contribution >= 4 is 11.6 Å². The van der Waals surface area contributed by atoms with Crippen LogP contribution >= 0.6 is 11.6 Å². The molecule has 0 spiro atoms. The fourth-order valence-electron chi connectivity index (χ4n) is 1.82. The average Bonchev–Trinajstić information content (AvgIpc) is 2.42. The van der Waals surface area contributed by atoms with Gasteiger partial charge in [-0.3, -0.25) is 14.6 Å². The van der Waals surface area contributed by atoms with Gasteiger partial charge in [-0.05, 0) is 18.8 Å². The molecule has 15 heavy (non-hydrogen) atoms. The highest BCUT2D eigenvalue weighted by atomic mass is 35.5. The van der Waals surface area contributed by atoms with Crippen LogP contribution in [0.25, 0.3) is 0 Å². The second-order valence-corrected chi connectivity index (χ2v) is 4.43. The fraction of sp³-hybridized carbons (Fsp3) is 0.727. The van der Waals surface area contributed by atoms with E-state index in [2.05, 4.69) is 18.9 Å². The summed E-state index contributed by atoms with van der Waals surface area (Å²) in [6, 6.07) is 0. The largest absolute Gasteiger partial charge is 0.273 e. The normalized spacial score (nSPS) is 13.1. The van der Waals surface area contributed by atoms with Crippen molar-refractivity contribution in [3.63, 3.8) is 0 Å². The van der Waals surface area contributed by atoms with Crippen LogP contribution in [0.4, 0.5) is 0 Å². The molecule has 1 atom stereocenters. The molecule has 0 aliphatic rings. The van der Waals surface area contributed by atoms with Gasteiger partial charge in [-0.1, -0.05) is 38.8 Å². The van der Waals surface area contributed by atoms with Gasteiger partial charge in [0.05, 0.1) is 5.56 Å². The number of hydrogen-bond donors (Lipinski definition) is 1. The second-order valence-electron chi connectivity index (χ2n) is 4.07. The van der Waals surface area contributed by atoms with E-state index in [-0.39, 0.29) is 5.56 Å². The molecule has 3 nitrogen and oxygen atoms in total. The molecule has 0 radical (unpaired) electrons. The number of H-pyrrole nitrogens is 1. The number of aromatic nitrogens is 2. The van der Waals surface area contributed by atoms with E-state index in [9.17, 15) is 4.79 Å². The molecule has 1 heterocycles. The molecule has 1 aromatic heterocycles. The summed E-state index contributed by atoms with van der Waals surface area (Å²) in [6.07, 6.45) is 2.99. The topological polar surface area (TPSA) is 37.8 Å². The molecule has 0 bridgehead atoms. The Bertz CT molecular complexity index is 367. The van der Waals surface area contributed by atoms with Gasteiger partial charge in [-0.2, -0.15) is 0 Å². The number of halogens is 1. The Balaban J connectivity index is 2.82. The fourth-order valence-corrected chi connectivity index (χ4v) is 2.15. The van der Waals surface area contributed by atoms with Gasteiger partial charge in [0.1, 0.15) is 5.15 Å². The van der Waals surface area contributed by atoms with Gasteiger partial charge >= 0.3 is 0 Å². The lowest BCUT2D eigenvalue weighted by molar-refractivity contribution is 0.419. The van der Waals surface area contributed by atoms with Crippen molar-refractivity contribution in [3.05, 3.63) is 21.1 Å². The first kappa shape index (κ1) is 12.4. The molecule has 0 aliphatic carbocycles. The minimum absolute atomic E-state index is 0.0498.